The average Bonchev–Trinajstić information content (AvgIpc) is 2.84. The van der Waals surface area contributed by atoms with Gasteiger partial charge in [-0.15, -0.1) is 13.2 Å². The van der Waals surface area contributed by atoms with Crippen molar-refractivity contribution in [3.05, 3.63) is 77.1 Å². The lowest BCUT2D eigenvalue weighted by atomic mass is 10.1. The van der Waals surface area contributed by atoms with Crippen molar-refractivity contribution in [1.29, 1.82) is 0 Å². The predicted octanol–water partition coefficient (Wildman–Crippen LogP) is 4.28. The summed E-state index contributed by atoms with van der Waals surface area (Å²) in [6, 6.07) is 11.3. The summed E-state index contributed by atoms with van der Waals surface area (Å²) in [6.45, 7) is -0.537. The van der Waals surface area contributed by atoms with Crippen LogP contribution in [0.3, 0.4) is 0 Å². The van der Waals surface area contributed by atoms with Crippen LogP contribution in [0.1, 0.15) is 26.3 Å². The topological polar surface area (TPSA) is 46.6 Å². The van der Waals surface area contributed by atoms with E-state index in [1.54, 1.807) is 12.1 Å². The molecule has 8 heteroatoms. The third-order valence-electron chi connectivity index (χ3n) is 3.88. The number of nitrogens with zero attached hydrogens (tertiary/aromatic N) is 1. The number of ether oxygens (including phenoxy) is 1. The second-order valence-electron chi connectivity index (χ2n) is 5.79. The number of halogens is 4. The summed E-state index contributed by atoms with van der Waals surface area (Å²) < 4.78 is 54.7. The van der Waals surface area contributed by atoms with Gasteiger partial charge in [-0.25, -0.2) is 4.39 Å². The van der Waals surface area contributed by atoms with E-state index in [0.717, 1.165) is 23.1 Å². The molecule has 0 N–H and O–H groups in total. The van der Waals surface area contributed by atoms with Gasteiger partial charge < -0.3 is 4.74 Å². The Labute approximate surface area is 151 Å². The molecule has 1 aliphatic heterocycles. The quantitative estimate of drug-likeness (QED) is 0.576. The Kier molecular flexibility index (Phi) is 4.98. The van der Waals surface area contributed by atoms with E-state index in [0.29, 0.717) is 5.56 Å². The van der Waals surface area contributed by atoms with Gasteiger partial charge >= 0.3 is 6.36 Å². The number of amides is 2. The molecule has 0 saturated carbocycles. The molecule has 0 aromatic heterocycles. The minimum absolute atomic E-state index is 0.0238. The molecule has 140 valence electrons. The van der Waals surface area contributed by atoms with Crippen molar-refractivity contribution in [2.45, 2.75) is 12.8 Å². The van der Waals surface area contributed by atoms with Gasteiger partial charge in [0.25, 0.3) is 11.8 Å². The maximum Gasteiger partial charge on any atom is 0.573 e. The van der Waals surface area contributed by atoms with Crippen LogP contribution < -0.4 is 4.74 Å². The van der Waals surface area contributed by atoms with Crippen molar-refractivity contribution in [3.8, 4) is 5.75 Å². The van der Waals surface area contributed by atoms with Gasteiger partial charge in [0.1, 0.15) is 11.6 Å². The zero-order valence-corrected chi connectivity index (χ0v) is 13.8. The van der Waals surface area contributed by atoms with Crippen LogP contribution in [0.5, 0.6) is 5.75 Å². The predicted molar refractivity (Wildman–Crippen MR) is 87.8 cm³/mol. The van der Waals surface area contributed by atoms with E-state index >= 15 is 0 Å². The Hall–Kier alpha value is -3.16. The van der Waals surface area contributed by atoms with Crippen LogP contribution in [0.2, 0.25) is 0 Å². The van der Waals surface area contributed by atoms with Crippen LogP contribution in [0.4, 0.5) is 17.6 Å². The first kappa shape index (κ1) is 18.6. The third-order valence-corrected chi connectivity index (χ3v) is 3.88. The average molecular weight is 379 g/mol. The lowest BCUT2D eigenvalue weighted by Crippen LogP contribution is -2.31. The van der Waals surface area contributed by atoms with Crippen LogP contribution in [-0.4, -0.2) is 29.6 Å². The maximum atomic E-state index is 14.2. The Balaban J connectivity index is 1.67. The van der Waals surface area contributed by atoms with Crippen LogP contribution in [0, 0.1) is 0 Å². The molecule has 0 radical (unpaired) electrons. The van der Waals surface area contributed by atoms with E-state index in [9.17, 15) is 27.2 Å². The van der Waals surface area contributed by atoms with Crippen LogP contribution in [0.25, 0.3) is 0 Å². The minimum Gasteiger partial charge on any atom is -0.406 e. The summed E-state index contributed by atoms with van der Waals surface area (Å²) in [7, 11) is 0. The van der Waals surface area contributed by atoms with Gasteiger partial charge in [-0.05, 0) is 42.3 Å². The number of hydrogen-bond acceptors (Lipinski definition) is 3. The number of benzene rings is 2. The van der Waals surface area contributed by atoms with Gasteiger partial charge in [-0.2, -0.15) is 0 Å². The SMILES string of the molecule is O=C1c2ccccc2C(=O)N1C/C(F)=C/Cc1cccc(OC(F)(F)F)c1. The Bertz CT molecular complexity index is 886. The van der Waals surface area contributed by atoms with Crippen molar-refractivity contribution in [2.75, 3.05) is 6.54 Å². The van der Waals surface area contributed by atoms with Gasteiger partial charge in [0.2, 0.25) is 0 Å². The molecule has 0 spiro atoms. The normalized spacial score (nSPS) is 14.5. The van der Waals surface area contributed by atoms with Crippen molar-refractivity contribution in [1.82, 2.24) is 4.90 Å². The highest BCUT2D eigenvalue weighted by Gasteiger charge is 2.35. The van der Waals surface area contributed by atoms with E-state index in [2.05, 4.69) is 4.74 Å². The molecule has 1 aliphatic rings. The molecule has 0 unspecified atom stereocenters. The fourth-order valence-electron chi connectivity index (χ4n) is 2.70. The zero-order valence-electron chi connectivity index (χ0n) is 13.8. The lowest BCUT2D eigenvalue weighted by molar-refractivity contribution is -0.274. The summed E-state index contributed by atoms with van der Waals surface area (Å²) in [5, 5.41) is 0. The number of carbonyl (C=O) groups is 2. The molecule has 0 fully saturated rings. The molecule has 27 heavy (non-hydrogen) atoms. The molecule has 2 aromatic rings. The molecule has 0 saturated heterocycles. The molecule has 2 aromatic carbocycles. The van der Waals surface area contributed by atoms with Crippen molar-refractivity contribution in [3.63, 3.8) is 0 Å². The Morgan fingerprint density at radius 3 is 2.22 bits per heavy atom. The van der Waals surface area contributed by atoms with Gasteiger partial charge in [0, 0.05) is 0 Å². The zero-order chi connectivity index (χ0) is 19.6. The molecule has 3 rings (SSSR count). The van der Waals surface area contributed by atoms with E-state index in [4.69, 9.17) is 0 Å². The van der Waals surface area contributed by atoms with E-state index in [1.807, 2.05) is 0 Å². The summed E-state index contributed by atoms with van der Waals surface area (Å²) in [4.78, 5) is 25.2. The molecule has 1 heterocycles. The second kappa shape index (κ2) is 7.22. The molecular formula is C19H13F4NO3. The van der Waals surface area contributed by atoms with Crippen LogP contribution in [-0.2, 0) is 6.42 Å². The Morgan fingerprint density at radius 1 is 1.00 bits per heavy atom. The van der Waals surface area contributed by atoms with E-state index in [1.165, 1.54) is 24.3 Å². The molecule has 0 bridgehead atoms. The molecule has 0 atom stereocenters. The summed E-state index contributed by atoms with van der Waals surface area (Å²) in [6.07, 6.45) is -3.73. The summed E-state index contributed by atoms with van der Waals surface area (Å²) in [5.41, 5.74) is 0.814. The fourth-order valence-corrected chi connectivity index (χ4v) is 2.70. The third kappa shape index (κ3) is 4.33. The standard InChI is InChI=1S/C19H13F4NO3/c20-13(9-8-12-4-3-5-14(10-12)27-19(21,22)23)11-24-17(25)15-6-1-2-7-16(15)18(24)26/h1-7,9-10H,8,11H2/b13-9-. The van der Waals surface area contributed by atoms with Gasteiger partial charge in [-0.1, -0.05) is 24.3 Å². The van der Waals surface area contributed by atoms with Crippen molar-refractivity contribution < 1.29 is 31.9 Å². The van der Waals surface area contributed by atoms with Crippen LogP contribution in [0.15, 0.2) is 60.4 Å². The summed E-state index contributed by atoms with van der Waals surface area (Å²) in [5.74, 6) is -2.32. The first-order chi connectivity index (χ1) is 12.7. The first-order valence-electron chi connectivity index (χ1n) is 7.89. The number of alkyl halides is 3. The lowest BCUT2D eigenvalue weighted by Gasteiger charge is -2.12. The number of carbonyl (C=O) groups excluding carboxylic acids is 2. The number of imide groups is 1. The number of hydrogen-bond donors (Lipinski definition) is 0. The highest BCUT2D eigenvalue weighted by molar-refractivity contribution is 6.21. The van der Waals surface area contributed by atoms with Gasteiger partial charge in [0.05, 0.1) is 17.7 Å². The largest absolute Gasteiger partial charge is 0.573 e. The van der Waals surface area contributed by atoms with E-state index in [-0.39, 0.29) is 17.5 Å². The highest BCUT2D eigenvalue weighted by Crippen LogP contribution is 2.25. The molecular weight excluding hydrogens is 366 g/mol. The number of fused-ring (bicyclic) bond motifs is 1. The fraction of sp³-hybridized carbons (Fsp3) is 0.158. The highest BCUT2D eigenvalue weighted by atomic mass is 19.4. The smallest absolute Gasteiger partial charge is 0.406 e. The van der Waals surface area contributed by atoms with Gasteiger partial charge in [0.15, 0.2) is 0 Å². The van der Waals surface area contributed by atoms with Crippen molar-refractivity contribution in [2.24, 2.45) is 0 Å². The van der Waals surface area contributed by atoms with E-state index < -0.39 is 36.3 Å². The van der Waals surface area contributed by atoms with Crippen molar-refractivity contribution >= 4 is 11.8 Å². The summed E-state index contributed by atoms with van der Waals surface area (Å²) >= 11 is 0. The monoisotopic (exact) mass is 379 g/mol. The number of allylic oxidation sites excluding steroid dienone is 1. The number of rotatable bonds is 5. The Morgan fingerprint density at radius 2 is 1.63 bits per heavy atom. The molecule has 4 nitrogen and oxygen atoms in total. The molecule has 2 amide bonds. The maximum absolute atomic E-state index is 14.2. The first-order valence-corrected chi connectivity index (χ1v) is 7.89. The minimum atomic E-state index is -4.81. The second-order valence-corrected chi connectivity index (χ2v) is 5.79. The van der Waals surface area contributed by atoms with Crippen LogP contribution >= 0.6 is 0 Å². The molecule has 0 aliphatic carbocycles. The van der Waals surface area contributed by atoms with Gasteiger partial charge in [-0.3, -0.25) is 14.5 Å².